The first kappa shape index (κ1) is 30.8. The van der Waals surface area contributed by atoms with Gasteiger partial charge in [-0.3, -0.25) is 15.1 Å². The fourth-order valence-corrected chi connectivity index (χ4v) is 4.58. The van der Waals surface area contributed by atoms with Crippen molar-refractivity contribution < 1.29 is 19.1 Å². The molecule has 214 valence electrons. The molecule has 2 N–H and O–H groups in total. The number of anilines is 1. The largest absolute Gasteiger partial charge is 0.444 e. The number of ether oxygens (including phenoxy) is 1. The normalized spacial score (nSPS) is 11.2. The molecule has 0 aliphatic heterocycles. The minimum Gasteiger partial charge on any atom is -0.444 e. The molecule has 3 amide bonds. The summed E-state index contributed by atoms with van der Waals surface area (Å²) in [6.07, 6.45) is 1.93. The second-order valence-corrected chi connectivity index (χ2v) is 11.5. The highest BCUT2D eigenvalue weighted by atomic mass is 32.1. The maximum absolute atomic E-state index is 13.0. The Balaban J connectivity index is 1.58. The molecule has 0 spiro atoms. The second-order valence-electron chi connectivity index (χ2n) is 10.8. The van der Waals surface area contributed by atoms with Crippen molar-refractivity contribution in [1.82, 2.24) is 20.1 Å². The number of nitrogens with one attached hydrogen (secondary N) is 2. The summed E-state index contributed by atoms with van der Waals surface area (Å²) < 4.78 is 5.31. The standard InChI is InChI=1S/C30H39N5O4S/c1-30(2,3)39-29(38)33-26-21-40-20-24(26)17-27(36)25-12-11-23(18-32-25)19-35(16-15-34(4)5)28(37)31-14-13-22-9-7-6-8-10-22/h6-12,18,20-21H,13-17,19H2,1-5H3,(H,31,37)(H,33,38). The SMILES string of the molecule is CN(C)CCN(Cc1ccc(C(=O)Cc2cscc2NC(=O)OC(C)(C)C)nc1)C(=O)NCCc1ccccc1. The zero-order valence-electron chi connectivity index (χ0n) is 23.9. The van der Waals surface area contributed by atoms with Gasteiger partial charge in [0.25, 0.3) is 0 Å². The third-order valence-corrected chi connectivity index (χ3v) is 6.64. The van der Waals surface area contributed by atoms with E-state index >= 15 is 0 Å². The first-order valence-corrected chi connectivity index (χ1v) is 14.2. The Labute approximate surface area is 240 Å². The predicted octanol–water partition coefficient (Wildman–Crippen LogP) is 5.23. The summed E-state index contributed by atoms with van der Waals surface area (Å²) in [5.41, 5.74) is 2.96. The summed E-state index contributed by atoms with van der Waals surface area (Å²) in [5.74, 6) is -0.166. The zero-order valence-corrected chi connectivity index (χ0v) is 24.7. The van der Waals surface area contributed by atoms with E-state index < -0.39 is 11.7 Å². The summed E-state index contributed by atoms with van der Waals surface area (Å²) >= 11 is 1.40. The van der Waals surface area contributed by atoms with E-state index in [4.69, 9.17) is 4.74 Å². The molecular formula is C30H39N5O4S. The van der Waals surface area contributed by atoms with Gasteiger partial charge in [-0.05, 0) is 69.4 Å². The van der Waals surface area contributed by atoms with Crippen molar-refractivity contribution in [3.05, 3.63) is 81.8 Å². The third kappa shape index (κ3) is 10.4. The molecule has 2 aromatic heterocycles. The van der Waals surface area contributed by atoms with E-state index in [1.165, 1.54) is 16.9 Å². The van der Waals surface area contributed by atoms with Crippen LogP contribution in [0.15, 0.2) is 59.4 Å². The lowest BCUT2D eigenvalue weighted by atomic mass is 10.1. The number of benzene rings is 1. The van der Waals surface area contributed by atoms with Gasteiger partial charge in [-0.15, -0.1) is 11.3 Å². The molecule has 0 saturated heterocycles. The minimum absolute atomic E-state index is 0.0970. The molecule has 9 nitrogen and oxygen atoms in total. The molecule has 0 radical (unpaired) electrons. The summed E-state index contributed by atoms with van der Waals surface area (Å²) in [6, 6.07) is 13.4. The van der Waals surface area contributed by atoms with Gasteiger partial charge in [-0.25, -0.2) is 9.59 Å². The van der Waals surface area contributed by atoms with Gasteiger partial charge < -0.3 is 19.9 Å². The van der Waals surface area contributed by atoms with E-state index in [1.54, 1.807) is 43.3 Å². The molecule has 10 heteroatoms. The molecule has 0 unspecified atom stereocenters. The number of likely N-dealkylation sites (N-methyl/N-ethyl adjacent to an activating group) is 1. The first-order chi connectivity index (χ1) is 19.0. The topological polar surface area (TPSA) is 104 Å². The summed E-state index contributed by atoms with van der Waals surface area (Å²) in [5, 5.41) is 9.34. The number of thiophene rings is 1. The van der Waals surface area contributed by atoms with Gasteiger partial charge in [0.05, 0.1) is 5.69 Å². The molecule has 3 rings (SSSR count). The Bertz CT molecular complexity index is 1250. The number of carbonyl (C=O) groups is 3. The average Bonchev–Trinajstić information content (AvgIpc) is 3.32. The number of pyridine rings is 1. The molecule has 0 aliphatic carbocycles. The fraction of sp³-hybridized carbons (Fsp3) is 0.400. The van der Waals surface area contributed by atoms with E-state index in [9.17, 15) is 14.4 Å². The number of urea groups is 1. The van der Waals surface area contributed by atoms with Crippen LogP contribution in [0.25, 0.3) is 0 Å². The van der Waals surface area contributed by atoms with Gasteiger partial charge in [0.15, 0.2) is 5.78 Å². The lowest BCUT2D eigenvalue weighted by Gasteiger charge is -2.25. The number of amides is 3. The van der Waals surface area contributed by atoms with Crippen molar-refractivity contribution in [3.63, 3.8) is 0 Å². The highest BCUT2D eigenvalue weighted by Crippen LogP contribution is 2.23. The predicted molar refractivity (Wildman–Crippen MR) is 159 cm³/mol. The number of ketones is 1. The summed E-state index contributed by atoms with van der Waals surface area (Å²) in [6.45, 7) is 7.56. The van der Waals surface area contributed by atoms with Gasteiger partial charge in [0, 0.05) is 44.2 Å². The van der Waals surface area contributed by atoms with Crippen LogP contribution in [0.2, 0.25) is 0 Å². The lowest BCUT2D eigenvalue weighted by molar-refractivity contribution is 0.0635. The van der Waals surface area contributed by atoms with Crippen LogP contribution in [0, 0.1) is 0 Å². The zero-order chi connectivity index (χ0) is 29.1. The van der Waals surface area contributed by atoms with Crippen LogP contribution < -0.4 is 10.6 Å². The van der Waals surface area contributed by atoms with Crippen LogP contribution >= 0.6 is 11.3 Å². The van der Waals surface area contributed by atoms with Gasteiger partial charge in [0.2, 0.25) is 0 Å². The first-order valence-electron chi connectivity index (χ1n) is 13.2. The van der Waals surface area contributed by atoms with E-state index in [2.05, 4.69) is 15.6 Å². The number of nitrogens with zero attached hydrogens (tertiary/aromatic N) is 3. The molecule has 3 aromatic rings. The lowest BCUT2D eigenvalue weighted by Crippen LogP contribution is -2.43. The Morgan fingerprint density at radius 3 is 2.38 bits per heavy atom. The quantitative estimate of drug-likeness (QED) is 0.292. The average molecular weight is 566 g/mol. The van der Waals surface area contributed by atoms with Crippen LogP contribution in [0.1, 0.15) is 48.0 Å². The Morgan fingerprint density at radius 1 is 0.975 bits per heavy atom. The number of carbonyl (C=O) groups excluding carboxylic acids is 3. The Morgan fingerprint density at radius 2 is 1.73 bits per heavy atom. The number of aromatic nitrogens is 1. The van der Waals surface area contributed by atoms with Crippen LogP contribution in [0.5, 0.6) is 0 Å². The Kier molecular flexibility index (Phi) is 11.2. The van der Waals surface area contributed by atoms with Crippen molar-refractivity contribution in [3.8, 4) is 0 Å². The third-order valence-electron chi connectivity index (χ3n) is 5.85. The second kappa shape index (κ2) is 14.6. The summed E-state index contributed by atoms with van der Waals surface area (Å²) in [7, 11) is 3.94. The number of hydrogen-bond acceptors (Lipinski definition) is 7. The Hall–Kier alpha value is -3.76. The maximum Gasteiger partial charge on any atom is 0.412 e. The van der Waals surface area contributed by atoms with Crippen molar-refractivity contribution >= 4 is 34.9 Å². The monoisotopic (exact) mass is 565 g/mol. The number of Topliss-reactive ketones (excluding diaryl/α,β-unsaturated/α-hetero) is 1. The molecule has 40 heavy (non-hydrogen) atoms. The molecule has 0 atom stereocenters. The molecule has 0 fully saturated rings. The van der Waals surface area contributed by atoms with Gasteiger partial charge in [-0.2, -0.15) is 0 Å². The minimum atomic E-state index is -0.618. The van der Waals surface area contributed by atoms with Gasteiger partial charge in [-0.1, -0.05) is 36.4 Å². The molecule has 1 aromatic carbocycles. The molecule has 2 heterocycles. The molecule has 0 aliphatic rings. The maximum atomic E-state index is 13.0. The van der Waals surface area contributed by atoms with Crippen molar-refractivity contribution in [1.29, 1.82) is 0 Å². The van der Waals surface area contributed by atoms with Crippen molar-refractivity contribution in [2.24, 2.45) is 0 Å². The highest BCUT2D eigenvalue weighted by Gasteiger charge is 2.19. The van der Waals surface area contributed by atoms with Crippen LogP contribution in [-0.4, -0.2) is 72.0 Å². The van der Waals surface area contributed by atoms with Crippen LogP contribution in [0.4, 0.5) is 15.3 Å². The smallest absolute Gasteiger partial charge is 0.412 e. The van der Waals surface area contributed by atoms with Gasteiger partial charge in [0.1, 0.15) is 11.3 Å². The fourth-order valence-electron chi connectivity index (χ4n) is 3.79. The molecular weight excluding hydrogens is 526 g/mol. The van der Waals surface area contributed by atoms with Crippen molar-refractivity contribution in [2.75, 3.05) is 39.0 Å². The molecule has 0 bridgehead atoms. The number of hydrogen-bond donors (Lipinski definition) is 2. The van der Waals surface area contributed by atoms with E-state index in [0.29, 0.717) is 36.6 Å². The van der Waals surface area contributed by atoms with Crippen LogP contribution in [0.3, 0.4) is 0 Å². The van der Waals surface area contributed by atoms with E-state index in [-0.39, 0.29) is 18.2 Å². The highest BCUT2D eigenvalue weighted by molar-refractivity contribution is 7.08. The van der Waals surface area contributed by atoms with E-state index in [0.717, 1.165) is 18.5 Å². The number of rotatable bonds is 12. The molecule has 0 saturated carbocycles. The summed E-state index contributed by atoms with van der Waals surface area (Å²) in [4.78, 5) is 46.2. The van der Waals surface area contributed by atoms with E-state index in [1.807, 2.05) is 60.8 Å². The van der Waals surface area contributed by atoms with Gasteiger partial charge >= 0.3 is 12.1 Å². The van der Waals surface area contributed by atoms with Crippen LogP contribution in [-0.2, 0) is 24.1 Å². The van der Waals surface area contributed by atoms with Crippen molar-refractivity contribution in [2.45, 2.75) is 45.8 Å².